The average Bonchev–Trinajstić information content (AvgIpc) is 0.970. The number of nitrogen functional groups attached to an aromatic ring is 1. The molecule has 2 atom stereocenters. The number of ether oxygens (including phenoxy) is 3. The molecule has 0 aliphatic heterocycles. The van der Waals surface area contributed by atoms with Crippen LogP contribution in [-0.4, -0.2) is 116 Å². The maximum absolute atomic E-state index is 13.6. The van der Waals surface area contributed by atoms with Crippen LogP contribution < -0.4 is 5.73 Å². The Kier molecular flexibility index (Phi) is 25.6. The molecular weight excluding hydrogens is 1210 g/mol. The molecule has 96 heavy (non-hydrogen) atoms. The zero-order chi connectivity index (χ0) is 71.3. The van der Waals surface area contributed by atoms with Gasteiger partial charge in [-0.2, -0.15) is 0 Å². The number of esters is 1. The van der Waals surface area contributed by atoms with Crippen LogP contribution in [0.5, 0.6) is 17.2 Å². The van der Waals surface area contributed by atoms with E-state index in [0.29, 0.717) is 87.3 Å². The van der Waals surface area contributed by atoms with E-state index in [4.69, 9.17) is 19.9 Å². The molecule has 0 saturated carbocycles. The maximum Gasteiger partial charge on any atom is 0.306 e. The predicted molar refractivity (Wildman–Crippen MR) is 378 cm³/mol. The number of aromatic hydroxyl groups is 3. The third-order valence-corrected chi connectivity index (χ3v) is 15.7. The van der Waals surface area contributed by atoms with Crippen molar-refractivity contribution in [3.63, 3.8) is 0 Å². The van der Waals surface area contributed by atoms with Gasteiger partial charge in [0.25, 0.3) is 0 Å². The molecule has 0 aliphatic rings. The van der Waals surface area contributed by atoms with Crippen molar-refractivity contribution in [1.82, 2.24) is 30.0 Å². The fourth-order valence-electron chi connectivity index (χ4n) is 11.0. The number of hydrogen-bond acceptors (Lipinski definition) is 18. The molecule has 20 heteroatoms. The molecule has 518 valence electrons. The lowest BCUT2D eigenvalue weighted by molar-refractivity contribution is -0.172. The number of aliphatic hydroxyl groups excluding tert-OH is 2. The van der Waals surface area contributed by atoms with Crippen molar-refractivity contribution >= 4 is 57.2 Å². The van der Waals surface area contributed by atoms with Gasteiger partial charge in [0.05, 0.1) is 36.2 Å². The number of phenols is 3. The minimum Gasteiger partial charge on any atom is -0.505 e. The van der Waals surface area contributed by atoms with Crippen LogP contribution in [0.2, 0.25) is 0 Å². The first kappa shape index (κ1) is 76.6. The number of para-hydroxylation sites is 1. The first-order chi connectivity index (χ1) is 44.7. The molecule has 6 aromatic carbocycles. The number of anilines is 1. The number of aldehydes is 1. The SMILES string of the molecule is CC(C)(C)c1cc(CCC=O)cc(N=Nc2ccccc2N)c1O.CC(C)(CC(O)COC(C)(C)C(=O)CCc1cc(-n2nc3ccccc3n2)c(O)c(C(C)(C)C)c1)OC(C)(C)CC(CO)OC(=O)CCc1cc(-n2nc3ccccc3n2)c(O)c(C(C)(C)C)c1.CC(C)C. The minimum atomic E-state index is -1.21. The lowest BCUT2D eigenvalue weighted by Gasteiger charge is -2.39. The quantitative estimate of drug-likeness (QED) is 0.0134. The summed E-state index contributed by atoms with van der Waals surface area (Å²) in [7, 11) is 0. The number of hydrogen-bond donors (Lipinski definition) is 6. The number of phenolic OH excluding ortho intramolecular Hbond substituents is 3. The van der Waals surface area contributed by atoms with Crippen LogP contribution in [0.15, 0.2) is 119 Å². The number of carbonyl (C=O) groups excluding carboxylic acids is 3. The topological polar surface area (TPSA) is 292 Å². The fraction of sp³-hybridized carbons (Fsp3) is 0.487. The second-order valence-electron chi connectivity index (χ2n) is 30.2. The first-order valence-corrected chi connectivity index (χ1v) is 33.0. The number of fused-ring (bicyclic) bond motifs is 2. The number of rotatable bonds is 25. The van der Waals surface area contributed by atoms with Gasteiger partial charge < -0.3 is 50.3 Å². The highest BCUT2D eigenvalue weighted by atomic mass is 16.6. The Morgan fingerprint density at radius 2 is 0.969 bits per heavy atom. The van der Waals surface area contributed by atoms with Crippen LogP contribution in [0.25, 0.3) is 33.4 Å². The van der Waals surface area contributed by atoms with Crippen molar-refractivity contribution in [2.24, 2.45) is 16.1 Å². The zero-order valence-corrected chi connectivity index (χ0v) is 59.6. The predicted octanol–water partition coefficient (Wildman–Crippen LogP) is 15.2. The highest BCUT2D eigenvalue weighted by Crippen LogP contribution is 2.42. The van der Waals surface area contributed by atoms with Gasteiger partial charge in [0, 0.05) is 48.8 Å². The number of aryl methyl sites for hydroxylation is 3. The van der Waals surface area contributed by atoms with Crippen LogP contribution in [0.3, 0.4) is 0 Å². The number of aliphatic hydroxyl groups is 2. The number of azo groups is 1. The summed E-state index contributed by atoms with van der Waals surface area (Å²) >= 11 is 0. The molecule has 2 heterocycles. The van der Waals surface area contributed by atoms with E-state index >= 15 is 0 Å². The van der Waals surface area contributed by atoms with E-state index in [1.54, 1.807) is 38.1 Å². The Morgan fingerprint density at radius 1 is 0.562 bits per heavy atom. The lowest BCUT2D eigenvalue weighted by Crippen LogP contribution is -2.44. The van der Waals surface area contributed by atoms with E-state index in [0.717, 1.165) is 34.5 Å². The van der Waals surface area contributed by atoms with E-state index in [9.17, 15) is 39.9 Å². The largest absolute Gasteiger partial charge is 0.505 e. The molecule has 0 spiro atoms. The Labute approximate surface area is 566 Å². The van der Waals surface area contributed by atoms with Crippen LogP contribution in [0, 0.1) is 5.92 Å². The monoisotopic (exact) mass is 1320 g/mol. The number of Topliss-reactive ketones (excluding diaryl/α,β-unsaturated/α-hetero) is 1. The number of benzene rings is 6. The van der Waals surface area contributed by atoms with Crippen molar-refractivity contribution in [3.8, 4) is 28.6 Å². The number of ketones is 1. The summed E-state index contributed by atoms with van der Waals surface area (Å²) in [6.45, 7) is 34.8. The van der Waals surface area contributed by atoms with Crippen LogP contribution in [-0.2, 0) is 64.1 Å². The molecule has 7 N–H and O–H groups in total. The van der Waals surface area contributed by atoms with Crippen molar-refractivity contribution in [2.45, 2.75) is 221 Å². The van der Waals surface area contributed by atoms with Crippen molar-refractivity contribution < 1.29 is 54.1 Å². The highest BCUT2D eigenvalue weighted by molar-refractivity contribution is 5.86. The van der Waals surface area contributed by atoms with Crippen molar-refractivity contribution in [2.75, 3.05) is 18.9 Å². The van der Waals surface area contributed by atoms with E-state index in [-0.39, 0.29) is 60.7 Å². The molecule has 8 rings (SSSR count). The Morgan fingerprint density at radius 3 is 1.41 bits per heavy atom. The summed E-state index contributed by atoms with van der Waals surface area (Å²) in [5.74, 6) is 0.440. The maximum atomic E-state index is 13.6. The Hall–Kier alpha value is -8.43. The Balaban J connectivity index is 0.000000431. The van der Waals surface area contributed by atoms with Crippen LogP contribution >= 0.6 is 0 Å². The van der Waals surface area contributed by atoms with E-state index < -0.39 is 52.4 Å². The van der Waals surface area contributed by atoms with Crippen molar-refractivity contribution in [3.05, 3.63) is 143 Å². The van der Waals surface area contributed by atoms with E-state index in [1.165, 1.54) is 9.59 Å². The molecule has 0 amide bonds. The fourth-order valence-corrected chi connectivity index (χ4v) is 11.0. The van der Waals surface area contributed by atoms with Gasteiger partial charge in [-0.25, -0.2) is 0 Å². The summed E-state index contributed by atoms with van der Waals surface area (Å²) in [6.07, 6.45) is 1.29. The van der Waals surface area contributed by atoms with Gasteiger partial charge in [-0.05, 0) is 154 Å². The molecule has 20 nitrogen and oxygen atoms in total. The van der Waals surface area contributed by atoms with Gasteiger partial charge in [-0.3, -0.25) is 9.59 Å². The third-order valence-electron chi connectivity index (χ3n) is 15.7. The van der Waals surface area contributed by atoms with Crippen molar-refractivity contribution in [1.29, 1.82) is 0 Å². The number of nitrogens with zero attached hydrogens (tertiary/aromatic N) is 8. The van der Waals surface area contributed by atoms with E-state index in [2.05, 4.69) is 51.4 Å². The third kappa shape index (κ3) is 21.8. The van der Waals surface area contributed by atoms with Gasteiger partial charge in [0.15, 0.2) is 5.78 Å². The molecule has 0 aliphatic carbocycles. The van der Waals surface area contributed by atoms with Gasteiger partial charge in [-0.15, -0.1) is 40.2 Å². The molecule has 2 unspecified atom stereocenters. The zero-order valence-electron chi connectivity index (χ0n) is 59.6. The summed E-state index contributed by atoms with van der Waals surface area (Å²) in [5, 5.41) is 81.3. The number of aromatic nitrogens is 6. The summed E-state index contributed by atoms with van der Waals surface area (Å²) < 4.78 is 18.3. The lowest BCUT2D eigenvalue weighted by atomic mass is 9.84. The molecule has 8 aromatic rings. The molecule has 0 radical (unpaired) electrons. The molecule has 0 saturated heterocycles. The summed E-state index contributed by atoms with van der Waals surface area (Å²) in [4.78, 5) is 40.4. The molecule has 0 bridgehead atoms. The van der Waals surface area contributed by atoms with Gasteiger partial charge in [0.1, 0.15) is 80.1 Å². The van der Waals surface area contributed by atoms with Gasteiger partial charge in [0.2, 0.25) is 0 Å². The van der Waals surface area contributed by atoms with Crippen LogP contribution in [0.1, 0.15) is 190 Å². The Bertz CT molecular complexity index is 3910. The molecule has 2 aromatic heterocycles. The van der Waals surface area contributed by atoms with E-state index in [1.807, 2.05) is 175 Å². The van der Waals surface area contributed by atoms with Gasteiger partial charge >= 0.3 is 5.97 Å². The summed E-state index contributed by atoms with van der Waals surface area (Å²) in [5.41, 5.74) is 11.6. The van der Waals surface area contributed by atoms with Gasteiger partial charge in [-0.1, -0.05) is 138 Å². The standard InChI is InChI=1S/C53H70N6O9.C19H23N3O2.C4H10/c1-49(2,3)37-25-33(27-43(47(37)64)58-54-39-17-13-14-18-40(39)55-58)21-23-45(62)53(11,12)66-32-35(61)29-51(7,8)68-52(9,10)30-36(31-60)67-46(63)24-22-34-26-38(50(4,5)6)48(65)44(28-34)59-56-41-19-15-16-20-42(41)57-59;1-19(2,3)14-11-13(7-6-10-23)12-17(18(14)24)22-21-16-9-5-4-8-15(16)20;1-4(2)3/h13-20,25-28,35-36,60-61,64-65H,21-24,29-32H2,1-12H3;4-5,8-12,24H,6-7,20H2,1-3H3;4H,1-3H3. The normalized spacial score (nSPS) is 13.1. The van der Waals surface area contributed by atoms with Crippen LogP contribution in [0.4, 0.5) is 17.1 Å². The highest BCUT2D eigenvalue weighted by Gasteiger charge is 2.36. The minimum absolute atomic E-state index is 0.0219. The number of carbonyl (C=O) groups is 3. The second-order valence-corrected chi connectivity index (χ2v) is 30.2. The second kappa shape index (κ2) is 32.1. The summed E-state index contributed by atoms with van der Waals surface area (Å²) in [6, 6.07) is 33.1. The number of nitrogens with two attached hydrogens (primary N) is 1. The average molecular weight is 1320 g/mol. The molecular formula is C76H103N9O11. The first-order valence-electron chi connectivity index (χ1n) is 33.0. The smallest absolute Gasteiger partial charge is 0.306 e. The molecule has 0 fully saturated rings.